The average Bonchev–Trinajstić information content (AvgIpc) is 2.91. The van der Waals surface area contributed by atoms with Crippen LogP contribution in [-0.4, -0.2) is 19.5 Å². The lowest BCUT2D eigenvalue weighted by atomic mass is 10.1. The number of hydrogen-bond acceptors (Lipinski definition) is 3. The van der Waals surface area contributed by atoms with Crippen molar-refractivity contribution in [2.75, 3.05) is 18.6 Å². The molecule has 0 atom stereocenters. The first-order valence-electron chi connectivity index (χ1n) is 8.45. The van der Waals surface area contributed by atoms with Crippen molar-refractivity contribution < 1.29 is 4.74 Å². The number of benzene rings is 2. The Bertz CT molecular complexity index is 680. The van der Waals surface area contributed by atoms with E-state index < -0.39 is 0 Å². The summed E-state index contributed by atoms with van der Waals surface area (Å²) in [4.78, 5) is 7.15. The Labute approximate surface area is 148 Å². The Morgan fingerprint density at radius 1 is 1.00 bits per heavy atom. The maximum absolute atomic E-state index is 6.02. The zero-order valence-electron chi connectivity index (χ0n) is 14.0. The summed E-state index contributed by atoms with van der Waals surface area (Å²) >= 11 is 6.02. The lowest BCUT2D eigenvalue weighted by molar-refractivity contribution is 0.415. The normalized spacial score (nSPS) is 14.7. The first-order valence-corrected chi connectivity index (χ1v) is 8.83. The molecule has 0 fully saturated rings. The summed E-state index contributed by atoms with van der Waals surface area (Å²) in [6.45, 7) is 1.71. The van der Waals surface area contributed by atoms with Gasteiger partial charge < -0.3 is 9.64 Å². The summed E-state index contributed by atoms with van der Waals surface area (Å²) < 4.78 is 5.28. The number of rotatable bonds is 4. The highest BCUT2D eigenvalue weighted by Crippen LogP contribution is 2.24. The van der Waals surface area contributed by atoms with Gasteiger partial charge in [0.25, 0.3) is 0 Å². The molecule has 24 heavy (non-hydrogen) atoms. The molecule has 0 N–H and O–H groups in total. The molecule has 0 spiro atoms. The SMILES string of the molecule is COc1ccc(N(Cc2ccc(Cl)cc2)C2=NCCCCC2)cc1. The number of amidine groups is 1. The number of hydrogen-bond donors (Lipinski definition) is 0. The molecule has 1 heterocycles. The zero-order chi connectivity index (χ0) is 16.8. The van der Waals surface area contributed by atoms with Gasteiger partial charge in [0.1, 0.15) is 11.6 Å². The number of anilines is 1. The van der Waals surface area contributed by atoms with Gasteiger partial charge in [0.2, 0.25) is 0 Å². The van der Waals surface area contributed by atoms with Crippen LogP contribution in [0.15, 0.2) is 53.5 Å². The summed E-state index contributed by atoms with van der Waals surface area (Å²) in [5.74, 6) is 2.04. The predicted octanol–water partition coefficient (Wildman–Crippen LogP) is 5.33. The van der Waals surface area contributed by atoms with Crippen molar-refractivity contribution >= 4 is 23.1 Å². The molecule has 1 aliphatic rings. The van der Waals surface area contributed by atoms with E-state index in [2.05, 4.69) is 29.2 Å². The topological polar surface area (TPSA) is 24.8 Å². The van der Waals surface area contributed by atoms with Crippen LogP contribution in [0.1, 0.15) is 31.2 Å². The van der Waals surface area contributed by atoms with Gasteiger partial charge in [0, 0.05) is 30.2 Å². The van der Waals surface area contributed by atoms with Crippen molar-refractivity contribution in [2.45, 2.75) is 32.2 Å². The van der Waals surface area contributed by atoms with E-state index in [0.29, 0.717) is 0 Å². The second-order valence-electron chi connectivity index (χ2n) is 6.02. The highest BCUT2D eigenvalue weighted by atomic mass is 35.5. The van der Waals surface area contributed by atoms with E-state index >= 15 is 0 Å². The van der Waals surface area contributed by atoms with Crippen LogP contribution in [0.25, 0.3) is 0 Å². The third-order valence-corrected chi connectivity index (χ3v) is 4.55. The highest BCUT2D eigenvalue weighted by Gasteiger charge is 2.16. The maximum atomic E-state index is 6.02. The standard InChI is InChI=1S/C20H23ClN2O/c1-24-19-12-10-18(11-13-19)23(20-5-3-2-4-14-22-20)15-16-6-8-17(21)9-7-16/h6-13H,2-5,14-15H2,1H3. The Morgan fingerprint density at radius 2 is 1.75 bits per heavy atom. The van der Waals surface area contributed by atoms with E-state index in [1.807, 2.05) is 24.3 Å². The lowest BCUT2D eigenvalue weighted by Gasteiger charge is -2.26. The van der Waals surface area contributed by atoms with Gasteiger partial charge in [-0.3, -0.25) is 4.99 Å². The quantitative estimate of drug-likeness (QED) is 0.750. The number of ether oxygens (including phenoxy) is 1. The van der Waals surface area contributed by atoms with Crippen molar-refractivity contribution in [3.8, 4) is 5.75 Å². The molecular weight excluding hydrogens is 320 g/mol. The van der Waals surface area contributed by atoms with Crippen LogP contribution in [0.2, 0.25) is 5.02 Å². The van der Waals surface area contributed by atoms with Gasteiger partial charge in [-0.1, -0.05) is 30.2 Å². The molecule has 126 valence electrons. The molecule has 0 saturated heterocycles. The smallest absolute Gasteiger partial charge is 0.119 e. The molecule has 0 aromatic heterocycles. The highest BCUT2D eigenvalue weighted by molar-refractivity contribution is 6.30. The summed E-state index contributed by atoms with van der Waals surface area (Å²) in [5, 5.41) is 0.765. The first kappa shape index (κ1) is 16.8. The Balaban J connectivity index is 1.89. The van der Waals surface area contributed by atoms with Gasteiger partial charge in [-0.05, 0) is 54.8 Å². The number of halogens is 1. The number of nitrogens with zero attached hydrogens (tertiary/aromatic N) is 2. The van der Waals surface area contributed by atoms with Crippen LogP contribution in [0.5, 0.6) is 5.75 Å². The van der Waals surface area contributed by atoms with Gasteiger partial charge >= 0.3 is 0 Å². The first-order chi connectivity index (χ1) is 11.8. The maximum Gasteiger partial charge on any atom is 0.119 e. The minimum absolute atomic E-state index is 0.765. The van der Waals surface area contributed by atoms with E-state index in [1.54, 1.807) is 7.11 Å². The molecule has 2 aromatic rings. The van der Waals surface area contributed by atoms with E-state index in [1.165, 1.54) is 30.7 Å². The summed E-state index contributed by atoms with van der Waals surface area (Å²) in [6.07, 6.45) is 4.66. The second kappa shape index (κ2) is 8.20. The van der Waals surface area contributed by atoms with E-state index in [-0.39, 0.29) is 0 Å². The molecule has 3 nitrogen and oxygen atoms in total. The largest absolute Gasteiger partial charge is 0.497 e. The van der Waals surface area contributed by atoms with Crippen LogP contribution >= 0.6 is 11.6 Å². The minimum Gasteiger partial charge on any atom is -0.497 e. The molecule has 0 aliphatic carbocycles. The molecule has 0 saturated carbocycles. The summed E-state index contributed by atoms with van der Waals surface area (Å²) in [7, 11) is 1.69. The van der Waals surface area contributed by atoms with Crippen molar-refractivity contribution in [3.63, 3.8) is 0 Å². The molecule has 2 aromatic carbocycles. The molecular formula is C20H23ClN2O. The van der Waals surface area contributed by atoms with Crippen LogP contribution in [0.3, 0.4) is 0 Å². The molecule has 0 amide bonds. The Kier molecular flexibility index (Phi) is 5.76. The van der Waals surface area contributed by atoms with Crippen LogP contribution in [0, 0.1) is 0 Å². The fourth-order valence-electron chi connectivity index (χ4n) is 2.95. The fraction of sp³-hybridized carbons (Fsp3) is 0.350. The molecule has 0 unspecified atom stereocenters. The number of methoxy groups -OCH3 is 1. The van der Waals surface area contributed by atoms with Crippen LogP contribution in [0.4, 0.5) is 5.69 Å². The van der Waals surface area contributed by atoms with Gasteiger partial charge in [0.15, 0.2) is 0 Å². The van der Waals surface area contributed by atoms with Gasteiger partial charge in [0.05, 0.1) is 7.11 Å². The van der Waals surface area contributed by atoms with Crippen molar-refractivity contribution in [3.05, 3.63) is 59.1 Å². The Morgan fingerprint density at radius 3 is 2.46 bits per heavy atom. The van der Waals surface area contributed by atoms with Gasteiger partial charge in [-0.2, -0.15) is 0 Å². The Hall–Kier alpha value is -2.00. The summed E-state index contributed by atoms with van der Waals surface area (Å²) in [6, 6.07) is 16.2. The van der Waals surface area contributed by atoms with E-state index in [4.69, 9.17) is 21.3 Å². The zero-order valence-corrected chi connectivity index (χ0v) is 14.8. The van der Waals surface area contributed by atoms with Gasteiger partial charge in [-0.15, -0.1) is 0 Å². The van der Waals surface area contributed by atoms with Crippen LogP contribution < -0.4 is 9.64 Å². The van der Waals surface area contributed by atoms with E-state index in [9.17, 15) is 0 Å². The van der Waals surface area contributed by atoms with Crippen molar-refractivity contribution in [1.29, 1.82) is 0 Å². The second-order valence-corrected chi connectivity index (χ2v) is 6.46. The molecule has 0 bridgehead atoms. The van der Waals surface area contributed by atoms with Crippen molar-refractivity contribution in [1.82, 2.24) is 0 Å². The minimum atomic E-state index is 0.765. The average molecular weight is 343 g/mol. The molecule has 4 heteroatoms. The van der Waals surface area contributed by atoms with E-state index in [0.717, 1.165) is 36.0 Å². The fourth-order valence-corrected chi connectivity index (χ4v) is 3.07. The molecule has 0 radical (unpaired) electrons. The summed E-state index contributed by atoms with van der Waals surface area (Å²) in [5.41, 5.74) is 2.37. The molecule has 1 aliphatic heterocycles. The monoisotopic (exact) mass is 342 g/mol. The lowest BCUT2D eigenvalue weighted by Crippen LogP contribution is -2.30. The molecule has 3 rings (SSSR count). The third-order valence-electron chi connectivity index (χ3n) is 4.30. The van der Waals surface area contributed by atoms with Gasteiger partial charge in [-0.25, -0.2) is 0 Å². The third kappa shape index (κ3) is 4.30. The van der Waals surface area contributed by atoms with Crippen molar-refractivity contribution in [2.24, 2.45) is 4.99 Å². The predicted molar refractivity (Wildman–Crippen MR) is 101 cm³/mol. The number of aliphatic imine (C=N–C) groups is 1. The van der Waals surface area contributed by atoms with Crippen LogP contribution in [-0.2, 0) is 6.54 Å².